The number of carbonyl (C=O) groups is 1. The number of ether oxygens (including phenoxy) is 3. The third-order valence-corrected chi connectivity index (χ3v) is 5.32. The predicted molar refractivity (Wildman–Crippen MR) is 135 cm³/mol. The van der Waals surface area contributed by atoms with Gasteiger partial charge in [-0.1, -0.05) is 60.7 Å². The predicted octanol–water partition coefficient (Wildman–Crippen LogP) is 6.15. The highest BCUT2D eigenvalue weighted by molar-refractivity contribution is 5.87. The van der Waals surface area contributed by atoms with Gasteiger partial charge in [0.15, 0.2) is 0 Å². The monoisotopic (exact) mass is 516 g/mol. The highest BCUT2D eigenvalue weighted by atomic mass is 16.6. The number of benzene rings is 4. The first-order valence-electron chi connectivity index (χ1n) is 11.2. The standard InChI is InChI=1S/C27H20N2O9/c30-27(31)20-11-13-21(14-12-20)38-26-24(36-16-18-7-3-1-4-8-18)22(28(32)33)15-23(29(34)35)25(26)37-17-19-9-5-2-6-10-19/h1-15H,16-17H2,(H,30,31). The van der Waals surface area contributed by atoms with Crippen LogP contribution in [0.3, 0.4) is 0 Å². The number of nitrogens with zero attached hydrogens (tertiary/aromatic N) is 2. The Balaban J connectivity index is 1.85. The van der Waals surface area contributed by atoms with E-state index in [0.717, 1.165) is 6.07 Å². The molecule has 0 heterocycles. The van der Waals surface area contributed by atoms with Crippen LogP contribution in [-0.2, 0) is 13.2 Å². The van der Waals surface area contributed by atoms with Crippen LogP contribution < -0.4 is 14.2 Å². The van der Waals surface area contributed by atoms with Crippen molar-refractivity contribution in [1.29, 1.82) is 0 Å². The van der Waals surface area contributed by atoms with E-state index in [4.69, 9.17) is 14.2 Å². The molecule has 0 aromatic heterocycles. The Kier molecular flexibility index (Phi) is 7.77. The van der Waals surface area contributed by atoms with Gasteiger partial charge >= 0.3 is 17.3 Å². The molecule has 1 N–H and O–H groups in total. The Labute approximate surface area is 215 Å². The molecule has 4 aromatic rings. The van der Waals surface area contributed by atoms with Gasteiger partial charge in [0.25, 0.3) is 0 Å². The molecule has 0 amide bonds. The maximum atomic E-state index is 12.0. The van der Waals surface area contributed by atoms with Crippen LogP contribution in [-0.4, -0.2) is 20.9 Å². The van der Waals surface area contributed by atoms with Gasteiger partial charge in [-0.2, -0.15) is 0 Å². The summed E-state index contributed by atoms with van der Waals surface area (Å²) in [7, 11) is 0. The van der Waals surface area contributed by atoms with Crippen LogP contribution in [0.15, 0.2) is 91.0 Å². The summed E-state index contributed by atoms with van der Waals surface area (Å²) < 4.78 is 17.5. The Hall–Kier alpha value is -5.45. The van der Waals surface area contributed by atoms with Crippen LogP contribution >= 0.6 is 0 Å². The summed E-state index contributed by atoms with van der Waals surface area (Å²) in [4.78, 5) is 33.5. The molecule has 0 saturated heterocycles. The molecule has 0 unspecified atom stereocenters. The third-order valence-electron chi connectivity index (χ3n) is 5.32. The molecule has 38 heavy (non-hydrogen) atoms. The fraction of sp³-hybridized carbons (Fsp3) is 0.0741. The summed E-state index contributed by atoms with van der Waals surface area (Å²) in [6.07, 6.45) is 0. The molecule has 0 saturated carbocycles. The second-order valence-electron chi connectivity index (χ2n) is 7.90. The lowest BCUT2D eigenvalue weighted by atomic mass is 10.2. The lowest BCUT2D eigenvalue weighted by molar-refractivity contribution is -0.395. The number of carboxylic acid groups (broad SMARTS) is 1. The summed E-state index contributed by atoms with van der Waals surface area (Å²) in [5.41, 5.74) is -0.0514. The van der Waals surface area contributed by atoms with E-state index in [1.54, 1.807) is 60.7 Å². The summed E-state index contributed by atoms with van der Waals surface area (Å²) in [5, 5.41) is 33.1. The lowest BCUT2D eigenvalue weighted by Crippen LogP contribution is -2.07. The topological polar surface area (TPSA) is 151 Å². The molecule has 192 valence electrons. The molecular formula is C27H20N2O9. The number of hydrogen-bond acceptors (Lipinski definition) is 8. The molecule has 0 aliphatic heterocycles. The SMILES string of the molecule is O=C(O)c1ccc(Oc2c(OCc3ccccc3)c([N+](=O)[O-])cc([N+](=O)[O-])c2OCc2ccccc2)cc1. The van der Waals surface area contributed by atoms with Crippen molar-refractivity contribution < 1.29 is 34.0 Å². The van der Waals surface area contributed by atoms with Crippen molar-refractivity contribution >= 4 is 17.3 Å². The number of hydrogen-bond donors (Lipinski definition) is 1. The second-order valence-corrected chi connectivity index (χ2v) is 7.90. The quantitative estimate of drug-likeness (QED) is 0.183. The first-order valence-corrected chi connectivity index (χ1v) is 11.2. The molecule has 4 rings (SSSR count). The molecular weight excluding hydrogens is 496 g/mol. The van der Waals surface area contributed by atoms with Crippen LogP contribution in [0.2, 0.25) is 0 Å². The van der Waals surface area contributed by atoms with Crippen molar-refractivity contribution in [1.82, 2.24) is 0 Å². The van der Waals surface area contributed by atoms with Gasteiger partial charge in [-0.25, -0.2) is 4.79 Å². The summed E-state index contributed by atoms with van der Waals surface area (Å²) in [5.74, 6) is -2.26. The molecule has 0 spiro atoms. The zero-order valence-electron chi connectivity index (χ0n) is 19.7. The third kappa shape index (κ3) is 6.02. The highest BCUT2D eigenvalue weighted by Crippen LogP contribution is 2.52. The highest BCUT2D eigenvalue weighted by Gasteiger charge is 2.35. The van der Waals surface area contributed by atoms with E-state index in [-0.39, 0.29) is 41.8 Å². The smallest absolute Gasteiger partial charge is 0.335 e. The van der Waals surface area contributed by atoms with Crippen LogP contribution in [0.5, 0.6) is 23.0 Å². The van der Waals surface area contributed by atoms with E-state index in [0.29, 0.717) is 11.1 Å². The minimum Gasteiger partial charge on any atom is -0.479 e. The Bertz CT molecular complexity index is 1380. The minimum atomic E-state index is -1.17. The van der Waals surface area contributed by atoms with E-state index in [9.17, 15) is 30.1 Å². The fourth-order valence-corrected chi connectivity index (χ4v) is 3.48. The first-order chi connectivity index (χ1) is 18.3. The molecule has 0 bridgehead atoms. The normalized spacial score (nSPS) is 10.4. The summed E-state index contributed by atoms with van der Waals surface area (Å²) >= 11 is 0. The van der Waals surface area contributed by atoms with E-state index in [2.05, 4.69) is 0 Å². The summed E-state index contributed by atoms with van der Waals surface area (Å²) in [6.45, 7) is -0.210. The average Bonchev–Trinajstić information content (AvgIpc) is 2.92. The Morgan fingerprint density at radius 1 is 0.684 bits per heavy atom. The molecule has 0 radical (unpaired) electrons. The number of nitro groups is 2. The summed E-state index contributed by atoms with van der Waals surface area (Å²) in [6, 6.07) is 23.5. The van der Waals surface area contributed by atoms with Gasteiger partial charge < -0.3 is 19.3 Å². The average molecular weight is 516 g/mol. The molecule has 0 atom stereocenters. The first kappa shape index (κ1) is 25.6. The molecule has 0 aliphatic rings. The lowest BCUT2D eigenvalue weighted by Gasteiger charge is -2.17. The van der Waals surface area contributed by atoms with Gasteiger partial charge in [0.1, 0.15) is 25.0 Å². The van der Waals surface area contributed by atoms with Crippen molar-refractivity contribution in [3.63, 3.8) is 0 Å². The molecule has 4 aromatic carbocycles. The van der Waals surface area contributed by atoms with Gasteiger partial charge in [-0.05, 0) is 35.4 Å². The molecule has 0 fully saturated rings. The van der Waals surface area contributed by atoms with Gasteiger partial charge in [0.05, 0.1) is 15.4 Å². The maximum Gasteiger partial charge on any atom is 0.335 e. The maximum absolute atomic E-state index is 12.0. The Morgan fingerprint density at radius 2 is 1.13 bits per heavy atom. The van der Waals surface area contributed by atoms with Crippen LogP contribution in [0.4, 0.5) is 11.4 Å². The van der Waals surface area contributed by atoms with Crippen molar-refractivity contribution in [2.75, 3.05) is 0 Å². The van der Waals surface area contributed by atoms with E-state index >= 15 is 0 Å². The van der Waals surface area contributed by atoms with E-state index < -0.39 is 27.2 Å². The second kappa shape index (κ2) is 11.5. The number of carboxylic acids is 1. The minimum absolute atomic E-state index is 0.0246. The zero-order valence-corrected chi connectivity index (χ0v) is 19.7. The largest absolute Gasteiger partial charge is 0.479 e. The molecule has 0 aliphatic carbocycles. The molecule has 11 nitrogen and oxygen atoms in total. The van der Waals surface area contributed by atoms with E-state index in [1.807, 2.05) is 0 Å². The van der Waals surface area contributed by atoms with Gasteiger partial charge in [0.2, 0.25) is 17.2 Å². The van der Waals surface area contributed by atoms with Crippen LogP contribution in [0.25, 0.3) is 0 Å². The number of aromatic carboxylic acids is 1. The van der Waals surface area contributed by atoms with E-state index in [1.165, 1.54) is 24.3 Å². The van der Waals surface area contributed by atoms with Gasteiger partial charge in [-0.3, -0.25) is 20.2 Å². The van der Waals surface area contributed by atoms with Crippen molar-refractivity contribution in [3.8, 4) is 23.0 Å². The fourth-order valence-electron chi connectivity index (χ4n) is 3.48. The van der Waals surface area contributed by atoms with Crippen molar-refractivity contribution in [2.45, 2.75) is 13.2 Å². The number of nitro benzene ring substituents is 2. The van der Waals surface area contributed by atoms with Crippen molar-refractivity contribution in [3.05, 3.63) is 128 Å². The Morgan fingerprint density at radius 3 is 1.53 bits per heavy atom. The van der Waals surface area contributed by atoms with Crippen LogP contribution in [0.1, 0.15) is 21.5 Å². The van der Waals surface area contributed by atoms with Gasteiger partial charge in [0, 0.05) is 0 Å². The van der Waals surface area contributed by atoms with Crippen molar-refractivity contribution in [2.24, 2.45) is 0 Å². The van der Waals surface area contributed by atoms with Gasteiger partial charge in [-0.15, -0.1) is 0 Å². The van der Waals surface area contributed by atoms with Crippen LogP contribution in [0, 0.1) is 20.2 Å². The zero-order chi connectivity index (χ0) is 27.1. The number of rotatable bonds is 11. The molecule has 11 heteroatoms.